The van der Waals surface area contributed by atoms with E-state index in [1.807, 2.05) is 6.07 Å². The number of hydrogen-bond donors (Lipinski definition) is 0. The summed E-state index contributed by atoms with van der Waals surface area (Å²) in [6.07, 6.45) is 1.71. The summed E-state index contributed by atoms with van der Waals surface area (Å²) in [5, 5.41) is 2.48. The maximum atomic E-state index is 11.5. The predicted molar refractivity (Wildman–Crippen MR) is 70.4 cm³/mol. The summed E-state index contributed by atoms with van der Waals surface area (Å²) in [6.45, 7) is 1.55. The highest BCUT2D eigenvalue weighted by Gasteiger charge is 2.18. The largest absolute Gasteiger partial charge is 0.364 e. The van der Waals surface area contributed by atoms with E-state index in [1.54, 1.807) is 0 Å². The number of ketones is 1. The van der Waals surface area contributed by atoms with Crippen LogP contribution in [0.1, 0.15) is 12.8 Å². The van der Waals surface area contributed by atoms with E-state index < -0.39 is 0 Å². The van der Waals surface area contributed by atoms with Crippen LogP contribution in [0.4, 0.5) is 5.69 Å². The topological polar surface area (TPSA) is 20.3 Å². The Bertz CT molecular complexity index is 556. The summed E-state index contributed by atoms with van der Waals surface area (Å²) in [4.78, 5) is 13.7. The molecule has 1 aliphatic heterocycles. The number of fused-ring (bicyclic) bond motifs is 1. The van der Waals surface area contributed by atoms with E-state index in [0.717, 1.165) is 19.4 Å². The first-order valence-corrected chi connectivity index (χ1v) is 6.09. The second-order valence-electron chi connectivity index (χ2n) is 4.56. The summed E-state index contributed by atoms with van der Waals surface area (Å²) in [5.41, 5.74) is 1.19. The van der Waals surface area contributed by atoms with E-state index in [4.69, 9.17) is 0 Å². The molecule has 0 aliphatic carbocycles. The molecule has 2 heteroatoms. The molecule has 0 atom stereocenters. The van der Waals surface area contributed by atoms with Crippen LogP contribution in [0.15, 0.2) is 42.5 Å². The SMILES string of the molecule is O=C1CCCN(c2cccc3ccccc23)C1. The lowest BCUT2D eigenvalue weighted by atomic mass is 10.0. The molecule has 2 aromatic carbocycles. The van der Waals surface area contributed by atoms with Crippen LogP contribution in [0, 0.1) is 0 Å². The van der Waals surface area contributed by atoms with Gasteiger partial charge < -0.3 is 4.90 Å². The lowest BCUT2D eigenvalue weighted by Crippen LogP contribution is -2.35. The number of rotatable bonds is 1. The first-order valence-electron chi connectivity index (χ1n) is 6.09. The molecule has 1 fully saturated rings. The van der Waals surface area contributed by atoms with Crippen molar-refractivity contribution < 1.29 is 4.79 Å². The molecule has 0 unspecified atom stereocenters. The summed E-state index contributed by atoms with van der Waals surface area (Å²) in [6, 6.07) is 14.6. The maximum absolute atomic E-state index is 11.5. The van der Waals surface area contributed by atoms with Gasteiger partial charge in [0.05, 0.1) is 6.54 Å². The molecule has 0 amide bonds. The Labute approximate surface area is 101 Å². The van der Waals surface area contributed by atoms with E-state index in [-0.39, 0.29) is 0 Å². The molecule has 0 aromatic heterocycles. The zero-order valence-electron chi connectivity index (χ0n) is 9.73. The third-order valence-electron chi connectivity index (χ3n) is 3.36. The summed E-state index contributed by atoms with van der Waals surface area (Å²) in [7, 11) is 0. The number of carbonyl (C=O) groups is 1. The minimum atomic E-state index is 0.351. The van der Waals surface area contributed by atoms with Crippen molar-refractivity contribution in [2.45, 2.75) is 12.8 Å². The summed E-state index contributed by atoms with van der Waals surface area (Å²) < 4.78 is 0. The molecule has 3 rings (SSSR count). The van der Waals surface area contributed by atoms with Crippen LogP contribution in [0.25, 0.3) is 10.8 Å². The molecule has 0 bridgehead atoms. The third kappa shape index (κ3) is 1.91. The van der Waals surface area contributed by atoms with Gasteiger partial charge in [-0.05, 0) is 17.9 Å². The van der Waals surface area contributed by atoms with Crippen LogP contribution < -0.4 is 4.90 Å². The second-order valence-corrected chi connectivity index (χ2v) is 4.56. The van der Waals surface area contributed by atoms with Crippen LogP contribution in [0.3, 0.4) is 0 Å². The van der Waals surface area contributed by atoms with Gasteiger partial charge in [-0.15, -0.1) is 0 Å². The van der Waals surface area contributed by atoms with Crippen LogP contribution in [0.5, 0.6) is 0 Å². The van der Waals surface area contributed by atoms with Gasteiger partial charge in [0.1, 0.15) is 0 Å². The molecule has 1 heterocycles. The minimum absolute atomic E-state index is 0.351. The van der Waals surface area contributed by atoms with Crippen LogP contribution in [-0.2, 0) is 4.79 Å². The zero-order chi connectivity index (χ0) is 11.7. The molecule has 1 aliphatic rings. The van der Waals surface area contributed by atoms with Crippen molar-refractivity contribution in [1.29, 1.82) is 0 Å². The fourth-order valence-electron chi connectivity index (χ4n) is 2.53. The smallest absolute Gasteiger partial charge is 0.152 e. The van der Waals surface area contributed by atoms with E-state index >= 15 is 0 Å². The van der Waals surface area contributed by atoms with E-state index in [9.17, 15) is 4.79 Å². The van der Waals surface area contributed by atoms with Crippen LogP contribution in [0.2, 0.25) is 0 Å². The number of benzene rings is 2. The normalized spacial score (nSPS) is 16.5. The Hall–Kier alpha value is -1.83. The average molecular weight is 225 g/mol. The number of carbonyl (C=O) groups excluding carboxylic acids is 1. The van der Waals surface area contributed by atoms with Crippen molar-refractivity contribution in [3.05, 3.63) is 42.5 Å². The fraction of sp³-hybridized carbons (Fsp3) is 0.267. The highest BCUT2D eigenvalue weighted by molar-refractivity contribution is 5.96. The molecule has 0 radical (unpaired) electrons. The molecule has 86 valence electrons. The Balaban J connectivity index is 2.07. The highest BCUT2D eigenvalue weighted by Crippen LogP contribution is 2.28. The van der Waals surface area contributed by atoms with E-state index in [1.165, 1.54) is 16.5 Å². The van der Waals surface area contributed by atoms with Crippen molar-refractivity contribution in [2.75, 3.05) is 18.0 Å². The summed E-state index contributed by atoms with van der Waals surface area (Å²) >= 11 is 0. The van der Waals surface area contributed by atoms with Gasteiger partial charge in [-0.3, -0.25) is 4.79 Å². The zero-order valence-corrected chi connectivity index (χ0v) is 9.73. The van der Waals surface area contributed by atoms with Gasteiger partial charge in [0, 0.05) is 24.0 Å². The lowest BCUT2D eigenvalue weighted by Gasteiger charge is -2.29. The van der Waals surface area contributed by atoms with Gasteiger partial charge in [0.15, 0.2) is 5.78 Å². The molecule has 2 nitrogen and oxygen atoms in total. The molecular formula is C15H15NO. The Morgan fingerprint density at radius 2 is 1.82 bits per heavy atom. The van der Waals surface area contributed by atoms with Gasteiger partial charge >= 0.3 is 0 Å². The molecular weight excluding hydrogens is 210 g/mol. The molecule has 17 heavy (non-hydrogen) atoms. The van der Waals surface area contributed by atoms with Crippen molar-refractivity contribution in [2.24, 2.45) is 0 Å². The number of nitrogens with zero attached hydrogens (tertiary/aromatic N) is 1. The number of hydrogen-bond acceptors (Lipinski definition) is 2. The molecule has 0 spiro atoms. The van der Waals surface area contributed by atoms with Gasteiger partial charge in [-0.2, -0.15) is 0 Å². The van der Waals surface area contributed by atoms with Crippen molar-refractivity contribution in [3.63, 3.8) is 0 Å². The molecule has 2 aromatic rings. The first-order chi connectivity index (χ1) is 8.34. The fourth-order valence-corrected chi connectivity index (χ4v) is 2.53. The van der Waals surface area contributed by atoms with Crippen LogP contribution in [-0.4, -0.2) is 18.9 Å². The number of anilines is 1. The quantitative estimate of drug-likeness (QED) is 0.743. The number of piperidine rings is 1. The molecule has 0 N–H and O–H groups in total. The van der Waals surface area contributed by atoms with Crippen molar-refractivity contribution in [1.82, 2.24) is 0 Å². The van der Waals surface area contributed by atoms with Crippen LogP contribution >= 0.6 is 0 Å². The van der Waals surface area contributed by atoms with Gasteiger partial charge in [0.2, 0.25) is 0 Å². The Morgan fingerprint density at radius 3 is 2.71 bits per heavy atom. The van der Waals surface area contributed by atoms with E-state index in [0.29, 0.717) is 12.3 Å². The van der Waals surface area contributed by atoms with Gasteiger partial charge in [-0.25, -0.2) is 0 Å². The van der Waals surface area contributed by atoms with Crippen molar-refractivity contribution >= 4 is 22.2 Å². The van der Waals surface area contributed by atoms with Crippen molar-refractivity contribution in [3.8, 4) is 0 Å². The Kier molecular flexibility index (Phi) is 2.56. The third-order valence-corrected chi connectivity index (χ3v) is 3.36. The standard InChI is InChI=1S/C15H15NO/c17-13-7-4-10-16(11-13)15-9-3-6-12-5-1-2-8-14(12)15/h1-3,5-6,8-9H,4,7,10-11H2. The molecule has 1 saturated heterocycles. The highest BCUT2D eigenvalue weighted by atomic mass is 16.1. The Morgan fingerprint density at radius 1 is 1.00 bits per heavy atom. The molecule has 0 saturated carbocycles. The monoisotopic (exact) mass is 225 g/mol. The first kappa shape index (κ1) is 10.3. The van der Waals surface area contributed by atoms with Gasteiger partial charge in [0.25, 0.3) is 0 Å². The minimum Gasteiger partial charge on any atom is -0.364 e. The van der Waals surface area contributed by atoms with Gasteiger partial charge in [-0.1, -0.05) is 36.4 Å². The average Bonchev–Trinajstić information content (AvgIpc) is 2.38. The summed E-state index contributed by atoms with van der Waals surface area (Å²) in [5.74, 6) is 0.351. The number of Topliss-reactive ketones (excluding diaryl/α,β-unsaturated/α-hetero) is 1. The van der Waals surface area contributed by atoms with E-state index in [2.05, 4.69) is 41.3 Å². The lowest BCUT2D eigenvalue weighted by molar-refractivity contribution is -0.118. The maximum Gasteiger partial charge on any atom is 0.152 e. The second kappa shape index (κ2) is 4.21. The predicted octanol–water partition coefficient (Wildman–Crippen LogP) is 3.01.